The third-order valence-electron chi connectivity index (χ3n) is 11.0. The summed E-state index contributed by atoms with van der Waals surface area (Å²) in [4.78, 5) is 5.04. The molecule has 2 nitrogen and oxygen atoms in total. The highest BCUT2D eigenvalue weighted by molar-refractivity contribution is 6.72. The Hall–Kier alpha value is -5.54. The van der Waals surface area contributed by atoms with E-state index in [9.17, 15) is 0 Å². The molecule has 0 spiro atoms. The average molecular weight is 658 g/mol. The van der Waals surface area contributed by atoms with Gasteiger partial charge >= 0.3 is 0 Å². The molecule has 1 aliphatic rings. The van der Waals surface area contributed by atoms with Gasteiger partial charge in [0.05, 0.1) is 5.69 Å². The number of hydrogen-bond acceptors (Lipinski definition) is 2. The summed E-state index contributed by atoms with van der Waals surface area (Å²) in [5, 5.41) is 7.75. The van der Waals surface area contributed by atoms with Gasteiger partial charge in [-0.15, -0.1) is 0 Å². The highest BCUT2D eigenvalue weighted by Gasteiger charge is 2.30. The molecule has 0 amide bonds. The van der Waals surface area contributed by atoms with Crippen molar-refractivity contribution >= 4 is 84.6 Å². The van der Waals surface area contributed by atoms with Crippen LogP contribution in [0.3, 0.4) is 0 Å². The molecule has 1 aliphatic heterocycles. The van der Waals surface area contributed by atoms with Gasteiger partial charge in [0.15, 0.2) is 7.28 Å². The summed E-state index contributed by atoms with van der Waals surface area (Å²) in [5.74, 6) is 0. The van der Waals surface area contributed by atoms with Crippen molar-refractivity contribution in [2.75, 3.05) is 9.80 Å². The van der Waals surface area contributed by atoms with Crippen LogP contribution in [0, 0.1) is 55.4 Å². The van der Waals surface area contributed by atoms with E-state index in [0.717, 1.165) is 0 Å². The molecular weight excluding hydrogens is 615 g/mol. The Labute approximate surface area is 302 Å². The van der Waals surface area contributed by atoms with E-state index in [1.807, 2.05) is 0 Å². The Kier molecular flexibility index (Phi) is 7.09. The molecule has 0 saturated heterocycles. The molecule has 0 saturated carbocycles. The van der Waals surface area contributed by atoms with Gasteiger partial charge in [0.2, 0.25) is 0 Å². The van der Waals surface area contributed by atoms with Crippen molar-refractivity contribution in [3.8, 4) is 0 Å². The van der Waals surface area contributed by atoms with E-state index < -0.39 is 0 Å². The van der Waals surface area contributed by atoms with Crippen LogP contribution in [0.5, 0.6) is 0 Å². The number of anilines is 6. The monoisotopic (exact) mass is 657 g/mol. The topological polar surface area (TPSA) is 6.48 Å². The maximum atomic E-state index is 2.52. The maximum Gasteiger partial charge on any atom is 0.197 e. The Bertz CT molecular complexity index is 2660. The third-order valence-corrected chi connectivity index (χ3v) is 11.0. The van der Waals surface area contributed by atoms with Crippen molar-refractivity contribution in [2.24, 2.45) is 0 Å². The van der Waals surface area contributed by atoms with Crippen molar-refractivity contribution in [1.29, 1.82) is 0 Å². The molecule has 0 aromatic heterocycles. The number of nitrogens with zero attached hydrogens (tertiary/aromatic N) is 2. The van der Waals surface area contributed by atoms with Crippen molar-refractivity contribution in [3.63, 3.8) is 0 Å². The molecule has 0 N–H and O–H groups in total. The smallest absolute Gasteiger partial charge is 0.197 e. The van der Waals surface area contributed by atoms with Gasteiger partial charge in [-0.05, 0) is 130 Å². The highest BCUT2D eigenvalue weighted by atomic mass is 15.2. The normalized spacial score (nSPS) is 12.4. The summed E-state index contributed by atoms with van der Waals surface area (Å²) < 4.78 is 0. The number of rotatable bonds is 4. The van der Waals surface area contributed by atoms with Crippen LogP contribution in [0.25, 0.3) is 32.3 Å². The summed E-state index contributed by atoms with van der Waals surface area (Å²) in [6.45, 7) is 17.7. The second-order valence-corrected chi connectivity index (χ2v) is 15.0. The van der Waals surface area contributed by atoms with Gasteiger partial charge in [-0.25, -0.2) is 0 Å². The SMILES string of the molecule is Cc1ccc(N(c2ccc(C)cc2C)c2c(C)cc3ccc4c5c(cc6ccc2c3c64)[B]c2cc(C)ccc2N5c2ccc(C)cc2C)c(C)c1. The molecule has 3 heteroatoms. The predicted octanol–water partition coefficient (Wildman–Crippen LogP) is 12.0. The van der Waals surface area contributed by atoms with Crippen molar-refractivity contribution in [1.82, 2.24) is 0 Å². The minimum atomic E-state index is 1.21. The van der Waals surface area contributed by atoms with Gasteiger partial charge < -0.3 is 9.80 Å². The molecule has 8 aromatic rings. The van der Waals surface area contributed by atoms with E-state index in [1.165, 1.54) is 122 Å². The molecule has 0 aliphatic carbocycles. The highest BCUT2D eigenvalue weighted by Crippen LogP contribution is 2.49. The first-order chi connectivity index (χ1) is 24.6. The van der Waals surface area contributed by atoms with Crippen LogP contribution in [-0.4, -0.2) is 7.28 Å². The quantitative estimate of drug-likeness (QED) is 0.137. The van der Waals surface area contributed by atoms with E-state index in [-0.39, 0.29) is 0 Å². The lowest BCUT2D eigenvalue weighted by Crippen LogP contribution is -2.40. The molecule has 247 valence electrons. The molecule has 0 atom stereocenters. The molecule has 9 rings (SSSR count). The summed E-state index contributed by atoms with van der Waals surface area (Å²) in [6, 6.07) is 41.7. The van der Waals surface area contributed by atoms with E-state index in [4.69, 9.17) is 0 Å². The van der Waals surface area contributed by atoms with Crippen LogP contribution in [0.4, 0.5) is 34.1 Å². The number of benzene rings is 8. The fraction of sp³-hybridized carbons (Fsp3) is 0.167. The zero-order chi connectivity index (χ0) is 35.3. The molecule has 8 aromatic carbocycles. The number of fused-ring (bicyclic) bond motifs is 3. The number of aryl methyl sites for hydroxylation is 8. The molecule has 1 radical (unpaired) electrons. The van der Waals surface area contributed by atoms with Gasteiger partial charge in [-0.1, -0.05) is 112 Å². The third kappa shape index (κ3) is 4.86. The van der Waals surface area contributed by atoms with Crippen LogP contribution < -0.4 is 20.7 Å². The van der Waals surface area contributed by atoms with Gasteiger partial charge in [-0.2, -0.15) is 0 Å². The summed E-state index contributed by atoms with van der Waals surface area (Å²) in [5.41, 5.74) is 20.0. The maximum absolute atomic E-state index is 2.52. The molecule has 0 bridgehead atoms. The Morgan fingerprint density at radius 3 is 1.59 bits per heavy atom. The van der Waals surface area contributed by atoms with Crippen molar-refractivity contribution in [3.05, 3.63) is 154 Å². The first kappa shape index (κ1) is 31.4. The van der Waals surface area contributed by atoms with Gasteiger partial charge in [-0.3, -0.25) is 0 Å². The minimum absolute atomic E-state index is 1.21. The second-order valence-electron chi connectivity index (χ2n) is 15.0. The van der Waals surface area contributed by atoms with Crippen molar-refractivity contribution in [2.45, 2.75) is 55.4 Å². The lowest BCUT2D eigenvalue weighted by atomic mass is 9.59. The summed E-state index contributed by atoms with van der Waals surface area (Å²) in [6.07, 6.45) is 0. The van der Waals surface area contributed by atoms with Crippen LogP contribution in [-0.2, 0) is 0 Å². The van der Waals surface area contributed by atoms with Crippen LogP contribution in [0.15, 0.2) is 109 Å². The molecular formula is C48H42BN2. The lowest BCUT2D eigenvalue weighted by Gasteiger charge is -2.36. The Balaban J connectivity index is 1.38. The zero-order valence-corrected chi connectivity index (χ0v) is 30.9. The van der Waals surface area contributed by atoms with Gasteiger partial charge in [0, 0.05) is 39.2 Å². The Morgan fingerprint density at radius 2 is 0.961 bits per heavy atom. The lowest BCUT2D eigenvalue weighted by molar-refractivity contribution is 1.20. The second kappa shape index (κ2) is 11.5. The van der Waals surface area contributed by atoms with E-state index in [0.29, 0.717) is 0 Å². The molecule has 1 heterocycles. The van der Waals surface area contributed by atoms with Crippen LogP contribution in [0.2, 0.25) is 0 Å². The zero-order valence-electron chi connectivity index (χ0n) is 30.9. The first-order valence-electron chi connectivity index (χ1n) is 18.1. The molecule has 51 heavy (non-hydrogen) atoms. The minimum Gasteiger partial charge on any atom is -0.311 e. The van der Waals surface area contributed by atoms with Crippen LogP contribution in [0.1, 0.15) is 44.5 Å². The number of hydrogen-bond donors (Lipinski definition) is 0. The standard InChI is InChI=1S/C48H42BN2/c1-27-9-17-41(31(5)21-27)50(42-18-10-28(2)22-32(42)6)47-34(8)25-35-13-16-38-46-36(14-15-37(47)45(35)46)26-40-48(38)51(43-19-11-29(3)23-33(43)7)44-20-12-30(4)24-39(44)49-40/h9-26H,1-8H3. The Morgan fingerprint density at radius 1 is 0.431 bits per heavy atom. The van der Waals surface area contributed by atoms with E-state index >= 15 is 0 Å². The first-order valence-corrected chi connectivity index (χ1v) is 18.1. The fourth-order valence-corrected chi connectivity index (χ4v) is 8.82. The van der Waals surface area contributed by atoms with Crippen molar-refractivity contribution < 1.29 is 0 Å². The van der Waals surface area contributed by atoms with Gasteiger partial charge in [0.25, 0.3) is 0 Å². The van der Waals surface area contributed by atoms with Gasteiger partial charge in [0.1, 0.15) is 0 Å². The van der Waals surface area contributed by atoms with Crippen LogP contribution >= 0.6 is 0 Å². The fourth-order valence-electron chi connectivity index (χ4n) is 8.82. The molecule has 0 unspecified atom stereocenters. The predicted molar refractivity (Wildman–Crippen MR) is 222 cm³/mol. The largest absolute Gasteiger partial charge is 0.311 e. The van der Waals surface area contributed by atoms with E-state index in [2.05, 4.69) is 182 Å². The van der Waals surface area contributed by atoms with E-state index in [1.54, 1.807) is 0 Å². The summed E-state index contributed by atoms with van der Waals surface area (Å²) in [7, 11) is 2.39. The molecule has 0 fully saturated rings. The summed E-state index contributed by atoms with van der Waals surface area (Å²) >= 11 is 0. The average Bonchev–Trinajstić information content (AvgIpc) is 3.08.